The van der Waals surface area contributed by atoms with Crippen LogP contribution in [0.5, 0.6) is 11.5 Å². The van der Waals surface area contributed by atoms with Crippen LogP contribution in [-0.2, 0) is 25.7 Å². The molecule has 0 amide bonds. The third-order valence-electron chi connectivity index (χ3n) is 10.1. The van der Waals surface area contributed by atoms with Crippen molar-refractivity contribution in [3.05, 3.63) is 203 Å². The molecule has 0 unspecified atom stereocenters. The molecule has 0 saturated carbocycles. The van der Waals surface area contributed by atoms with E-state index >= 15 is 0 Å². The van der Waals surface area contributed by atoms with Crippen LogP contribution in [0.1, 0.15) is 33.4 Å². The highest BCUT2D eigenvalue weighted by Crippen LogP contribution is 2.37. The van der Waals surface area contributed by atoms with Gasteiger partial charge in [-0.2, -0.15) is 0 Å². The van der Waals surface area contributed by atoms with Crippen LogP contribution >= 0.6 is 0 Å². The van der Waals surface area contributed by atoms with Gasteiger partial charge in [0.1, 0.15) is 11.5 Å². The van der Waals surface area contributed by atoms with Crippen molar-refractivity contribution in [1.82, 2.24) is 0 Å². The number of hydrogen-bond acceptors (Lipinski definition) is 4. The Kier molecular flexibility index (Phi) is 11.4. The Labute approximate surface area is 320 Å². The monoisotopic (exact) mass is 708 g/mol. The van der Waals surface area contributed by atoms with Gasteiger partial charge in [0.05, 0.1) is 14.2 Å². The second-order valence-electron chi connectivity index (χ2n) is 13.9. The number of aryl methyl sites for hydroxylation is 6. The number of nitrogens with zero attached hydrogens (tertiary/aromatic N) is 2. The molecule has 0 bridgehead atoms. The van der Waals surface area contributed by atoms with Gasteiger partial charge in [-0.3, -0.25) is 0 Å². The maximum absolute atomic E-state index is 5.41. The zero-order chi connectivity index (χ0) is 37.3. The van der Waals surface area contributed by atoms with Crippen molar-refractivity contribution >= 4 is 34.1 Å². The Morgan fingerprint density at radius 2 is 0.500 bits per heavy atom. The van der Waals surface area contributed by atoms with Gasteiger partial charge in [-0.1, -0.05) is 83.9 Å². The summed E-state index contributed by atoms with van der Waals surface area (Å²) in [7, 11) is 3.40. The first-order chi connectivity index (χ1) is 26.4. The molecule has 0 N–H and O–H groups in total. The molecule has 0 atom stereocenters. The molecule has 54 heavy (non-hydrogen) atoms. The minimum Gasteiger partial charge on any atom is -0.497 e. The van der Waals surface area contributed by atoms with Gasteiger partial charge >= 0.3 is 0 Å². The van der Waals surface area contributed by atoms with Gasteiger partial charge in [-0.15, -0.1) is 0 Å². The third-order valence-corrected chi connectivity index (χ3v) is 10.1. The maximum Gasteiger partial charge on any atom is 0.119 e. The molecule has 270 valence electrons. The Morgan fingerprint density at radius 3 is 0.741 bits per heavy atom. The van der Waals surface area contributed by atoms with Crippen LogP contribution in [0.2, 0.25) is 0 Å². The van der Waals surface area contributed by atoms with E-state index in [0.717, 1.165) is 71.3 Å². The van der Waals surface area contributed by atoms with Crippen molar-refractivity contribution in [1.29, 1.82) is 0 Å². The molecular formula is C50H48N2O2. The Hall–Kier alpha value is -6.26. The summed E-state index contributed by atoms with van der Waals surface area (Å²) in [5, 5.41) is 0. The Morgan fingerprint density at radius 1 is 0.296 bits per heavy atom. The van der Waals surface area contributed by atoms with Gasteiger partial charge in [-0.25, -0.2) is 0 Å². The lowest BCUT2D eigenvalue weighted by atomic mass is 10.00. The van der Waals surface area contributed by atoms with E-state index in [4.69, 9.17) is 9.47 Å². The van der Waals surface area contributed by atoms with E-state index in [0.29, 0.717) is 0 Å². The molecule has 4 heteroatoms. The molecular weight excluding hydrogens is 661 g/mol. The highest BCUT2D eigenvalue weighted by Gasteiger charge is 2.14. The lowest BCUT2D eigenvalue weighted by Gasteiger charge is -2.26. The molecule has 0 heterocycles. The highest BCUT2D eigenvalue weighted by molar-refractivity contribution is 5.78. The van der Waals surface area contributed by atoms with Gasteiger partial charge in [0.25, 0.3) is 0 Å². The second-order valence-corrected chi connectivity index (χ2v) is 13.9. The van der Waals surface area contributed by atoms with Crippen LogP contribution in [-0.4, -0.2) is 14.2 Å². The number of benzene rings is 7. The second kappa shape index (κ2) is 17.0. The van der Waals surface area contributed by atoms with Crippen LogP contribution in [0.4, 0.5) is 34.1 Å². The molecule has 0 aliphatic heterocycles. The van der Waals surface area contributed by atoms with Crippen LogP contribution in [0.3, 0.4) is 0 Å². The average Bonchev–Trinajstić information content (AvgIpc) is 3.23. The standard InChI is InChI=1S/C50H48N2O2/c1-37-5-21-43(22-6-37)51(47-29-33-49(53-3)34-30-47)45-25-17-41(18-26-45)15-13-39-9-11-40(12-10-39)14-16-42-19-27-46(28-20-42)52(44-23-7-38(2)8-24-44)48-31-35-50(54-4)36-32-48/h5-12,17-36H,13-16H2,1-4H3. The van der Waals surface area contributed by atoms with Crippen LogP contribution in [0, 0.1) is 13.8 Å². The Bertz CT molecular complexity index is 2050. The smallest absolute Gasteiger partial charge is 0.119 e. The number of rotatable bonds is 14. The highest BCUT2D eigenvalue weighted by atomic mass is 16.5. The number of ether oxygens (including phenoxy) is 2. The molecule has 0 fully saturated rings. The van der Waals surface area contributed by atoms with Crippen molar-refractivity contribution in [3.63, 3.8) is 0 Å². The van der Waals surface area contributed by atoms with E-state index in [9.17, 15) is 0 Å². The minimum atomic E-state index is 0.851. The molecule has 0 saturated heterocycles. The van der Waals surface area contributed by atoms with Crippen molar-refractivity contribution < 1.29 is 9.47 Å². The largest absolute Gasteiger partial charge is 0.497 e. The molecule has 4 nitrogen and oxygen atoms in total. The molecule has 0 aromatic heterocycles. The maximum atomic E-state index is 5.41. The summed E-state index contributed by atoms with van der Waals surface area (Å²) in [5.74, 6) is 1.70. The van der Waals surface area contributed by atoms with Crippen LogP contribution in [0.25, 0.3) is 0 Å². The summed E-state index contributed by atoms with van der Waals surface area (Å²) in [5.41, 5.74) is 14.6. The van der Waals surface area contributed by atoms with E-state index in [1.807, 2.05) is 24.3 Å². The van der Waals surface area contributed by atoms with E-state index in [2.05, 4.69) is 169 Å². The quantitative estimate of drug-likeness (QED) is 0.112. The first kappa shape index (κ1) is 36.1. The van der Waals surface area contributed by atoms with E-state index in [1.165, 1.54) is 33.4 Å². The van der Waals surface area contributed by atoms with E-state index in [1.54, 1.807) is 14.2 Å². The fourth-order valence-electron chi connectivity index (χ4n) is 6.82. The number of anilines is 6. The molecule has 7 aromatic carbocycles. The summed E-state index contributed by atoms with van der Waals surface area (Å²) in [6.45, 7) is 4.24. The molecule has 0 aliphatic carbocycles. The van der Waals surface area contributed by atoms with Gasteiger partial charge < -0.3 is 19.3 Å². The minimum absolute atomic E-state index is 0.851. The number of hydrogen-bond donors (Lipinski definition) is 0. The summed E-state index contributed by atoms with van der Waals surface area (Å²) in [6.07, 6.45) is 4.00. The fourth-order valence-corrected chi connectivity index (χ4v) is 6.82. The first-order valence-corrected chi connectivity index (χ1v) is 18.7. The number of methoxy groups -OCH3 is 2. The van der Waals surface area contributed by atoms with Gasteiger partial charge in [-0.05, 0) is 159 Å². The van der Waals surface area contributed by atoms with E-state index < -0.39 is 0 Å². The van der Waals surface area contributed by atoms with Crippen LogP contribution < -0.4 is 19.3 Å². The van der Waals surface area contributed by atoms with E-state index in [-0.39, 0.29) is 0 Å². The molecule has 0 spiro atoms. The van der Waals surface area contributed by atoms with Crippen molar-refractivity contribution in [2.24, 2.45) is 0 Å². The topological polar surface area (TPSA) is 24.9 Å². The Balaban J connectivity index is 0.962. The SMILES string of the molecule is COc1ccc(N(c2ccc(C)cc2)c2ccc(CCc3ccc(CCc4ccc(N(c5ccc(C)cc5)c5ccc(OC)cc5)cc4)cc3)cc2)cc1. The third kappa shape index (κ3) is 8.85. The molecule has 7 rings (SSSR count). The molecule has 7 aromatic rings. The first-order valence-electron chi connectivity index (χ1n) is 18.7. The van der Waals surface area contributed by atoms with Crippen LogP contribution in [0.15, 0.2) is 170 Å². The predicted molar refractivity (Wildman–Crippen MR) is 226 cm³/mol. The zero-order valence-corrected chi connectivity index (χ0v) is 31.7. The lowest BCUT2D eigenvalue weighted by Crippen LogP contribution is -2.10. The summed E-state index contributed by atoms with van der Waals surface area (Å²) >= 11 is 0. The average molecular weight is 709 g/mol. The fraction of sp³-hybridized carbons (Fsp3) is 0.160. The van der Waals surface area contributed by atoms with Gasteiger partial charge in [0.2, 0.25) is 0 Å². The van der Waals surface area contributed by atoms with Crippen molar-refractivity contribution in [2.75, 3.05) is 24.0 Å². The van der Waals surface area contributed by atoms with Gasteiger partial charge in [0.15, 0.2) is 0 Å². The van der Waals surface area contributed by atoms with Crippen molar-refractivity contribution in [3.8, 4) is 11.5 Å². The van der Waals surface area contributed by atoms with Crippen molar-refractivity contribution in [2.45, 2.75) is 39.5 Å². The molecule has 0 radical (unpaired) electrons. The molecule has 0 aliphatic rings. The summed E-state index contributed by atoms with van der Waals surface area (Å²) in [6, 6.07) is 61.0. The lowest BCUT2D eigenvalue weighted by molar-refractivity contribution is 0.414. The zero-order valence-electron chi connectivity index (χ0n) is 31.7. The normalized spacial score (nSPS) is 10.9. The summed E-state index contributed by atoms with van der Waals surface area (Å²) in [4.78, 5) is 4.58. The predicted octanol–water partition coefficient (Wildman–Crippen LogP) is 12.8. The van der Waals surface area contributed by atoms with Gasteiger partial charge in [0, 0.05) is 34.1 Å². The summed E-state index contributed by atoms with van der Waals surface area (Å²) < 4.78 is 10.8.